The van der Waals surface area contributed by atoms with Crippen LogP contribution in [0.5, 0.6) is 5.75 Å². The number of carbonyl (C=O) groups excluding carboxylic acids is 1. The number of carbonyl (C=O) groups is 1. The first-order valence-electron chi connectivity index (χ1n) is 4.87. The van der Waals surface area contributed by atoms with Crippen molar-refractivity contribution < 1.29 is 9.53 Å². The van der Waals surface area contributed by atoms with Crippen LogP contribution in [0.3, 0.4) is 0 Å². The Morgan fingerprint density at radius 2 is 2.14 bits per heavy atom. The van der Waals surface area contributed by atoms with Gasteiger partial charge in [0.25, 0.3) is 0 Å². The summed E-state index contributed by atoms with van der Waals surface area (Å²) in [6, 6.07) is 5.60. The highest BCUT2D eigenvalue weighted by Gasteiger charge is 2.08. The van der Waals surface area contributed by atoms with Crippen LogP contribution in [0.15, 0.2) is 18.2 Å². The van der Waals surface area contributed by atoms with Gasteiger partial charge in [0, 0.05) is 12.0 Å². The van der Waals surface area contributed by atoms with Crippen LogP contribution in [0, 0.1) is 6.92 Å². The van der Waals surface area contributed by atoms with E-state index in [1.165, 1.54) is 0 Å². The number of ether oxygens (including phenoxy) is 1. The summed E-state index contributed by atoms with van der Waals surface area (Å²) in [5, 5.41) is 0. The number of aryl methyl sites for hydroxylation is 1. The van der Waals surface area contributed by atoms with Crippen LogP contribution in [-0.4, -0.2) is 12.9 Å². The predicted molar refractivity (Wildman–Crippen MR) is 57.0 cm³/mol. The number of hydrogen-bond donors (Lipinski definition) is 0. The van der Waals surface area contributed by atoms with Gasteiger partial charge in [0.05, 0.1) is 7.11 Å². The lowest BCUT2D eigenvalue weighted by atomic mass is 10.0. The quantitative estimate of drug-likeness (QED) is 0.685. The molecule has 0 radical (unpaired) electrons. The Bertz CT molecular complexity index is 329. The smallest absolute Gasteiger partial charge is 0.163 e. The first kappa shape index (κ1) is 10.8. The summed E-state index contributed by atoms with van der Waals surface area (Å²) < 4.78 is 5.09. The van der Waals surface area contributed by atoms with Crippen LogP contribution < -0.4 is 4.74 Å². The Morgan fingerprint density at radius 3 is 2.71 bits per heavy atom. The van der Waals surface area contributed by atoms with E-state index in [0.29, 0.717) is 6.42 Å². The van der Waals surface area contributed by atoms with Crippen molar-refractivity contribution in [2.45, 2.75) is 26.7 Å². The average Bonchev–Trinajstić information content (AvgIpc) is 2.19. The van der Waals surface area contributed by atoms with Crippen molar-refractivity contribution in [1.29, 1.82) is 0 Å². The maximum absolute atomic E-state index is 11.7. The minimum Gasteiger partial charge on any atom is -0.497 e. The first-order valence-corrected chi connectivity index (χ1v) is 4.87. The summed E-state index contributed by atoms with van der Waals surface area (Å²) in [5.74, 6) is 0.943. The molecule has 1 aromatic rings. The van der Waals surface area contributed by atoms with Crippen molar-refractivity contribution in [2.24, 2.45) is 0 Å². The second-order valence-electron chi connectivity index (χ2n) is 3.35. The molecule has 2 heteroatoms. The Labute approximate surface area is 84.9 Å². The van der Waals surface area contributed by atoms with Crippen molar-refractivity contribution in [3.63, 3.8) is 0 Å². The fraction of sp³-hybridized carbons (Fsp3) is 0.417. The van der Waals surface area contributed by atoms with Crippen molar-refractivity contribution in [2.75, 3.05) is 7.11 Å². The molecule has 0 aliphatic rings. The Balaban J connectivity index is 2.99. The van der Waals surface area contributed by atoms with Gasteiger partial charge in [0.2, 0.25) is 0 Å². The zero-order chi connectivity index (χ0) is 10.6. The molecule has 0 saturated heterocycles. The van der Waals surface area contributed by atoms with Gasteiger partial charge in [-0.15, -0.1) is 0 Å². The van der Waals surface area contributed by atoms with Gasteiger partial charge in [-0.25, -0.2) is 0 Å². The number of hydrogen-bond acceptors (Lipinski definition) is 2. The lowest BCUT2D eigenvalue weighted by molar-refractivity contribution is 0.0981. The van der Waals surface area contributed by atoms with E-state index in [9.17, 15) is 4.79 Å². The van der Waals surface area contributed by atoms with Gasteiger partial charge in [-0.05, 0) is 31.0 Å². The third-order valence-corrected chi connectivity index (χ3v) is 2.22. The summed E-state index contributed by atoms with van der Waals surface area (Å²) in [6.45, 7) is 3.95. The Hall–Kier alpha value is -1.31. The number of methoxy groups -OCH3 is 1. The van der Waals surface area contributed by atoms with Crippen LogP contribution in [0.1, 0.15) is 35.7 Å². The molecule has 0 bridgehead atoms. The van der Waals surface area contributed by atoms with Gasteiger partial charge in [-0.1, -0.05) is 13.0 Å². The number of benzene rings is 1. The molecule has 0 unspecified atom stereocenters. The van der Waals surface area contributed by atoms with E-state index in [4.69, 9.17) is 4.74 Å². The summed E-state index contributed by atoms with van der Waals surface area (Å²) in [5.41, 5.74) is 1.80. The average molecular weight is 192 g/mol. The van der Waals surface area contributed by atoms with Crippen LogP contribution in [0.2, 0.25) is 0 Å². The molecule has 0 N–H and O–H groups in total. The van der Waals surface area contributed by atoms with Crippen LogP contribution in [0.25, 0.3) is 0 Å². The molecule has 0 heterocycles. The lowest BCUT2D eigenvalue weighted by Crippen LogP contribution is -2.01. The number of ketones is 1. The maximum atomic E-state index is 11.7. The molecular weight excluding hydrogens is 176 g/mol. The standard InChI is InChI=1S/C12H16O2/c1-4-5-12(13)11-8-10(14-3)7-6-9(11)2/h6-8H,4-5H2,1-3H3. The number of Topliss-reactive ketones (excluding diaryl/α,β-unsaturated/α-hetero) is 1. The monoisotopic (exact) mass is 192 g/mol. The van der Waals surface area contributed by atoms with Crippen molar-refractivity contribution in [3.8, 4) is 5.75 Å². The highest BCUT2D eigenvalue weighted by Crippen LogP contribution is 2.18. The maximum Gasteiger partial charge on any atom is 0.163 e. The first-order chi connectivity index (χ1) is 6.69. The fourth-order valence-corrected chi connectivity index (χ4v) is 1.39. The minimum atomic E-state index is 0.198. The molecule has 0 amide bonds. The SMILES string of the molecule is CCCC(=O)c1cc(OC)ccc1C. The van der Waals surface area contributed by atoms with Crippen LogP contribution >= 0.6 is 0 Å². The van der Waals surface area contributed by atoms with E-state index in [1.807, 2.05) is 32.0 Å². The van der Waals surface area contributed by atoms with Crippen molar-refractivity contribution >= 4 is 5.78 Å². The number of rotatable bonds is 4. The molecular formula is C12H16O2. The molecule has 0 spiro atoms. The largest absolute Gasteiger partial charge is 0.497 e. The molecule has 0 aromatic heterocycles. The normalized spacial score (nSPS) is 9.93. The van der Waals surface area contributed by atoms with Gasteiger partial charge < -0.3 is 4.74 Å². The zero-order valence-electron chi connectivity index (χ0n) is 8.96. The molecule has 0 saturated carbocycles. The summed E-state index contributed by atoms with van der Waals surface area (Å²) in [7, 11) is 1.61. The molecule has 1 aromatic carbocycles. The fourth-order valence-electron chi connectivity index (χ4n) is 1.39. The summed E-state index contributed by atoms with van der Waals surface area (Å²) >= 11 is 0. The molecule has 76 valence electrons. The van der Waals surface area contributed by atoms with Gasteiger partial charge in [-0.2, -0.15) is 0 Å². The summed E-state index contributed by atoms with van der Waals surface area (Å²) in [4.78, 5) is 11.7. The molecule has 0 atom stereocenters. The molecule has 0 fully saturated rings. The van der Waals surface area contributed by atoms with Crippen LogP contribution in [-0.2, 0) is 0 Å². The van der Waals surface area contributed by atoms with Gasteiger partial charge in [0.15, 0.2) is 5.78 Å². The van der Waals surface area contributed by atoms with E-state index in [2.05, 4.69) is 0 Å². The van der Waals surface area contributed by atoms with Crippen molar-refractivity contribution in [1.82, 2.24) is 0 Å². The predicted octanol–water partition coefficient (Wildman–Crippen LogP) is 2.99. The highest BCUT2D eigenvalue weighted by atomic mass is 16.5. The molecule has 14 heavy (non-hydrogen) atoms. The second kappa shape index (κ2) is 4.80. The topological polar surface area (TPSA) is 26.3 Å². The van der Waals surface area contributed by atoms with Crippen molar-refractivity contribution in [3.05, 3.63) is 29.3 Å². The Kier molecular flexibility index (Phi) is 3.69. The van der Waals surface area contributed by atoms with E-state index < -0.39 is 0 Å². The third kappa shape index (κ3) is 2.34. The van der Waals surface area contributed by atoms with E-state index in [1.54, 1.807) is 7.11 Å². The zero-order valence-corrected chi connectivity index (χ0v) is 8.96. The summed E-state index contributed by atoms with van der Waals surface area (Å²) in [6.07, 6.45) is 1.49. The van der Waals surface area contributed by atoms with E-state index >= 15 is 0 Å². The lowest BCUT2D eigenvalue weighted by Gasteiger charge is -2.06. The minimum absolute atomic E-state index is 0.198. The van der Waals surface area contributed by atoms with Gasteiger partial charge >= 0.3 is 0 Å². The van der Waals surface area contributed by atoms with E-state index in [0.717, 1.165) is 23.3 Å². The Morgan fingerprint density at radius 1 is 1.43 bits per heavy atom. The second-order valence-corrected chi connectivity index (χ2v) is 3.35. The van der Waals surface area contributed by atoms with E-state index in [-0.39, 0.29) is 5.78 Å². The third-order valence-electron chi connectivity index (χ3n) is 2.22. The van der Waals surface area contributed by atoms with Gasteiger partial charge in [0.1, 0.15) is 5.75 Å². The molecule has 1 rings (SSSR count). The highest BCUT2D eigenvalue weighted by molar-refractivity contribution is 5.97. The molecule has 0 aliphatic heterocycles. The van der Waals surface area contributed by atoms with Gasteiger partial charge in [-0.3, -0.25) is 4.79 Å². The molecule has 0 aliphatic carbocycles. The van der Waals surface area contributed by atoms with Crippen LogP contribution in [0.4, 0.5) is 0 Å². The molecule has 2 nitrogen and oxygen atoms in total.